The van der Waals surface area contributed by atoms with Gasteiger partial charge in [-0.05, 0) is 100 Å². The first-order chi connectivity index (χ1) is 21.8. The molecule has 0 radical (unpaired) electrons. The molecule has 0 aliphatic rings. The summed E-state index contributed by atoms with van der Waals surface area (Å²) in [6, 6.07) is 43.9. The van der Waals surface area contributed by atoms with E-state index in [1.807, 2.05) is 11.3 Å². The Balaban J connectivity index is 1.32. The largest absolute Gasteiger partial charge is 0.311 e. The third-order valence-electron chi connectivity index (χ3n) is 8.61. The number of hydrogen-bond donors (Lipinski definition) is 0. The molecule has 0 fully saturated rings. The smallest absolute Gasteiger partial charge is 0.255 e. The minimum Gasteiger partial charge on any atom is -0.311 e. The maximum Gasteiger partial charge on any atom is 0.255 e. The monoisotopic (exact) mass is 601 g/mol. The lowest BCUT2D eigenvalue weighted by Crippen LogP contribution is -2.54. The molecule has 0 saturated carbocycles. The van der Waals surface area contributed by atoms with E-state index in [1.165, 1.54) is 59.5 Å². The zero-order chi connectivity index (χ0) is 31.5. The van der Waals surface area contributed by atoms with E-state index < -0.39 is 0 Å². The number of aryl methyl sites for hydroxylation is 6. The highest BCUT2D eigenvalue weighted by atomic mass is 32.1. The molecule has 3 heteroatoms. The Kier molecular flexibility index (Phi) is 8.91. The van der Waals surface area contributed by atoms with Crippen LogP contribution in [0.4, 0.5) is 17.1 Å². The third-order valence-corrected chi connectivity index (χ3v) is 9.72. The second-order valence-corrected chi connectivity index (χ2v) is 13.4. The summed E-state index contributed by atoms with van der Waals surface area (Å²) in [7, 11) is 0. The van der Waals surface area contributed by atoms with Gasteiger partial charge >= 0.3 is 0 Å². The van der Waals surface area contributed by atoms with Gasteiger partial charge in [-0.3, -0.25) is 0 Å². The number of para-hydroxylation sites is 2. The maximum absolute atomic E-state index is 2.34. The van der Waals surface area contributed by atoms with Crippen molar-refractivity contribution in [2.24, 2.45) is 0 Å². The van der Waals surface area contributed by atoms with Crippen LogP contribution in [0.15, 0.2) is 121 Å². The highest BCUT2D eigenvalue weighted by molar-refractivity contribution is 7.28. The molecule has 0 aliphatic heterocycles. The zero-order valence-corrected chi connectivity index (χ0v) is 28.0. The van der Waals surface area contributed by atoms with Crippen molar-refractivity contribution < 1.29 is 0 Å². The van der Waals surface area contributed by atoms with Gasteiger partial charge in [0.25, 0.3) is 6.71 Å². The van der Waals surface area contributed by atoms with Crippen molar-refractivity contribution in [2.75, 3.05) is 4.90 Å². The number of benzene rings is 5. The van der Waals surface area contributed by atoms with E-state index in [9.17, 15) is 0 Å². The molecule has 0 unspecified atom stereocenters. The van der Waals surface area contributed by atoms with E-state index in [4.69, 9.17) is 0 Å². The highest BCUT2D eigenvalue weighted by Crippen LogP contribution is 2.34. The second kappa shape index (κ2) is 13.2. The standard InChI is InChI=1S/C42H40BNS/c1-29-25-31(3)41(32(4)26-29)43(42-33(5)27-30(2)28-34(42)6)40-24-23-39(45-40)22-19-35-17-20-38(21-18-35)44(36-13-9-7-10-14-36)37-15-11-8-12-16-37/h7-28H,1-6H3/b22-19+. The van der Waals surface area contributed by atoms with Crippen LogP contribution in [-0.4, -0.2) is 6.71 Å². The van der Waals surface area contributed by atoms with E-state index in [1.54, 1.807) is 0 Å². The van der Waals surface area contributed by atoms with Gasteiger partial charge in [0.2, 0.25) is 0 Å². The lowest BCUT2D eigenvalue weighted by molar-refractivity contribution is 1.28. The summed E-state index contributed by atoms with van der Waals surface area (Å²) in [5, 5.41) is 0. The van der Waals surface area contributed by atoms with Crippen molar-refractivity contribution in [2.45, 2.75) is 41.5 Å². The molecule has 6 aromatic rings. The van der Waals surface area contributed by atoms with Crippen LogP contribution >= 0.6 is 11.3 Å². The molecule has 5 aromatic carbocycles. The average molecular weight is 602 g/mol. The summed E-state index contributed by atoms with van der Waals surface area (Å²) in [6.45, 7) is 13.7. The molecule has 0 N–H and O–H groups in total. The first kappa shape index (κ1) is 30.4. The fraction of sp³-hybridized carbons (Fsp3) is 0.143. The van der Waals surface area contributed by atoms with E-state index in [-0.39, 0.29) is 6.71 Å². The quantitative estimate of drug-likeness (QED) is 0.157. The number of rotatable bonds is 8. The van der Waals surface area contributed by atoms with E-state index in [0.717, 1.165) is 17.1 Å². The Labute approximate surface area is 273 Å². The van der Waals surface area contributed by atoms with Crippen molar-refractivity contribution in [1.82, 2.24) is 0 Å². The molecule has 45 heavy (non-hydrogen) atoms. The van der Waals surface area contributed by atoms with E-state index in [0.29, 0.717) is 0 Å². The first-order valence-corrected chi connectivity index (χ1v) is 16.5. The number of nitrogens with zero attached hydrogens (tertiary/aromatic N) is 1. The van der Waals surface area contributed by atoms with Gasteiger partial charge < -0.3 is 4.90 Å². The molecule has 6 rings (SSSR count). The fourth-order valence-electron chi connectivity index (χ4n) is 6.85. The first-order valence-electron chi connectivity index (χ1n) is 15.7. The summed E-state index contributed by atoms with van der Waals surface area (Å²) in [4.78, 5) is 3.56. The van der Waals surface area contributed by atoms with Crippen LogP contribution < -0.4 is 20.6 Å². The van der Waals surface area contributed by atoms with Gasteiger partial charge in [0, 0.05) is 21.9 Å². The maximum atomic E-state index is 2.34. The van der Waals surface area contributed by atoms with Crippen molar-refractivity contribution in [3.05, 3.63) is 165 Å². The Morgan fingerprint density at radius 3 is 1.40 bits per heavy atom. The summed E-state index contributed by atoms with van der Waals surface area (Å²) in [5.74, 6) is 0. The molecule has 0 atom stereocenters. The molecule has 0 amide bonds. The minimum atomic E-state index is 0.208. The normalized spacial score (nSPS) is 11.2. The fourth-order valence-corrected chi connectivity index (χ4v) is 7.88. The average Bonchev–Trinajstić information content (AvgIpc) is 3.49. The highest BCUT2D eigenvalue weighted by Gasteiger charge is 2.29. The van der Waals surface area contributed by atoms with Crippen LogP contribution in [0.1, 0.15) is 43.8 Å². The van der Waals surface area contributed by atoms with Gasteiger partial charge in [0.1, 0.15) is 0 Å². The van der Waals surface area contributed by atoms with Crippen LogP contribution in [0.25, 0.3) is 12.2 Å². The Bertz CT molecular complexity index is 1810. The van der Waals surface area contributed by atoms with Crippen LogP contribution in [0.3, 0.4) is 0 Å². The summed E-state index contributed by atoms with van der Waals surface area (Å²) >= 11 is 1.90. The van der Waals surface area contributed by atoms with Crippen LogP contribution in [-0.2, 0) is 0 Å². The van der Waals surface area contributed by atoms with Gasteiger partial charge in [0.05, 0.1) is 0 Å². The van der Waals surface area contributed by atoms with Crippen LogP contribution in [0, 0.1) is 41.5 Å². The molecule has 222 valence electrons. The van der Waals surface area contributed by atoms with E-state index >= 15 is 0 Å². The van der Waals surface area contributed by atoms with Gasteiger partial charge in [-0.2, -0.15) is 0 Å². The third kappa shape index (κ3) is 6.60. The molecule has 1 nitrogen and oxygen atoms in total. The molecule has 1 aromatic heterocycles. The second-order valence-electron chi connectivity index (χ2n) is 12.2. The molecule has 0 saturated heterocycles. The molecule has 0 bridgehead atoms. The predicted octanol–water partition coefficient (Wildman–Crippen LogP) is 9.76. The van der Waals surface area contributed by atoms with Gasteiger partial charge in [-0.1, -0.05) is 129 Å². The Hall–Kier alpha value is -4.60. The molecular weight excluding hydrogens is 561 g/mol. The lowest BCUT2D eigenvalue weighted by Gasteiger charge is -2.25. The van der Waals surface area contributed by atoms with Crippen LogP contribution in [0.2, 0.25) is 0 Å². The molecule has 0 aliphatic carbocycles. The number of thiophene rings is 1. The van der Waals surface area contributed by atoms with Crippen LogP contribution in [0.5, 0.6) is 0 Å². The minimum absolute atomic E-state index is 0.208. The van der Waals surface area contributed by atoms with Crippen molar-refractivity contribution >= 4 is 63.0 Å². The van der Waals surface area contributed by atoms with Crippen molar-refractivity contribution in [1.29, 1.82) is 0 Å². The number of hydrogen-bond acceptors (Lipinski definition) is 2. The van der Waals surface area contributed by atoms with E-state index in [2.05, 4.69) is 180 Å². The van der Waals surface area contributed by atoms with Gasteiger partial charge in [0.15, 0.2) is 0 Å². The predicted molar refractivity (Wildman–Crippen MR) is 200 cm³/mol. The van der Waals surface area contributed by atoms with Crippen molar-refractivity contribution in [3.8, 4) is 0 Å². The zero-order valence-electron chi connectivity index (χ0n) is 27.1. The topological polar surface area (TPSA) is 3.24 Å². The molecular formula is C42H40BNS. The summed E-state index contributed by atoms with van der Waals surface area (Å²) in [6.07, 6.45) is 4.49. The van der Waals surface area contributed by atoms with Gasteiger partial charge in [-0.15, -0.1) is 11.3 Å². The summed E-state index contributed by atoms with van der Waals surface area (Å²) in [5.41, 5.74) is 15.6. The SMILES string of the molecule is Cc1cc(C)c(B(c2ccc(/C=C/c3ccc(N(c4ccccc4)c4ccccc4)cc3)s2)c2c(C)cc(C)cc2C)c(C)c1. The molecule has 1 heterocycles. The summed E-state index contributed by atoms with van der Waals surface area (Å²) < 4.78 is 1.39. The lowest BCUT2D eigenvalue weighted by atomic mass is 9.37. The Morgan fingerprint density at radius 2 is 0.933 bits per heavy atom. The van der Waals surface area contributed by atoms with Crippen molar-refractivity contribution in [3.63, 3.8) is 0 Å². The molecule has 0 spiro atoms. The Morgan fingerprint density at radius 1 is 0.489 bits per heavy atom. The number of anilines is 3. The van der Waals surface area contributed by atoms with Gasteiger partial charge in [-0.25, -0.2) is 0 Å².